The Bertz CT molecular complexity index is 240. The van der Waals surface area contributed by atoms with Gasteiger partial charge in [-0.15, -0.1) is 0 Å². The highest BCUT2D eigenvalue weighted by molar-refractivity contribution is 5.97. The predicted octanol–water partition coefficient (Wildman–Crippen LogP) is 3.78. The molecule has 1 aromatic rings. The molecule has 0 aliphatic rings. The van der Waals surface area contributed by atoms with Gasteiger partial charge in [0.1, 0.15) is 0 Å². The molecule has 1 rings (SSSR count). The molecule has 0 spiro atoms. The topological polar surface area (TPSA) is 30.2 Å². The molecule has 0 saturated heterocycles. The van der Waals surface area contributed by atoms with E-state index in [2.05, 4.69) is 0 Å². The van der Waals surface area contributed by atoms with Crippen molar-refractivity contribution in [1.82, 2.24) is 0 Å². The second-order valence-corrected chi connectivity index (χ2v) is 3.56. The number of Topliss-reactive ketones (excluding diaryl/α,β-unsaturated/α-hetero) is 1. The second kappa shape index (κ2) is 4.85. The van der Waals surface area contributed by atoms with Crippen LogP contribution < -0.4 is 0 Å². The zero-order chi connectivity index (χ0) is 8.48. The first-order valence-electron chi connectivity index (χ1n) is 3.60. The van der Waals surface area contributed by atoms with E-state index in [-0.39, 0.29) is 26.1 Å². The number of ketones is 1. The van der Waals surface area contributed by atoms with Crippen LogP contribution in [0.4, 0.5) is 0 Å². The summed E-state index contributed by atoms with van der Waals surface area (Å²) in [5.41, 5.74) is -0.349. The summed E-state index contributed by atoms with van der Waals surface area (Å²) >= 11 is 0. The Kier molecular flexibility index (Phi) is 5.40. The van der Waals surface area contributed by atoms with Crippen LogP contribution in [0, 0.1) is 5.41 Å². The van der Waals surface area contributed by atoms with Gasteiger partial charge in [0.05, 0.1) is 6.26 Å². The van der Waals surface area contributed by atoms with Crippen LogP contribution in [0.15, 0.2) is 22.8 Å². The van der Waals surface area contributed by atoms with E-state index in [0.717, 1.165) is 0 Å². The first-order valence-corrected chi connectivity index (χ1v) is 3.60. The van der Waals surface area contributed by atoms with Crippen LogP contribution in [0.5, 0.6) is 0 Å². The van der Waals surface area contributed by atoms with E-state index in [1.54, 1.807) is 12.1 Å². The number of carbonyl (C=O) groups excluding carboxylic acids is 1. The molecule has 76 valence electrons. The lowest BCUT2D eigenvalue weighted by atomic mass is 9.89. The predicted molar refractivity (Wildman–Crippen MR) is 56.0 cm³/mol. The number of rotatable bonds is 1. The molecule has 1 heterocycles. The van der Waals surface area contributed by atoms with Gasteiger partial charge in [0.15, 0.2) is 5.76 Å². The highest BCUT2D eigenvalue weighted by Crippen LogP contribution is 2.20. The summed E-state index contributed by atoms with van der Waals surface area (Å²) in [6, 6.07) is 3.41. The Balaban J connectivity index is 0. The molecule has 2 heteroatoms. The van der Waals surface area contributed by atoms with Crippen molar-refractivity contribution in [3.8, 4) is 0 Å². The fourth-order valence-corrected chi connectivity index (χ4v) is 0.777. The van der Waals surface area contributed by atoms with E-state index in [0.29, 0.717) is 5.76 Å². The fraction of sp³-hybridized carbons (Fsp3) is 0.545. The van der Waals surface area contributed by atoms with Crippen LogP contribution in [-0.4, -0.2) is 5.78 Å². The van der Waals surface area contributed by atoms with Crippen LogP contribution in [0.25, 0.3) is 0 Å². The highest BCUT2D eigenvalue weighted by atomic mass is 16.3. The van der Waals surface area contributed by atoms with Crippen molar-refractivity contribution in [3.05, 3.63) is 24.2 Å². The maximum Gasteiger partial charge on any atom is 0.203 e. The average Bonchev–Trinajstić information content (AvgIpc) is 2.34. The summed E-state index contributed by atoms with van der Waals surface area (Å²) in [6.07, 6.45) is 1.51. The van der Waals surface area contributed by atoms with E-state index in [1.165, 1.54) is 6.26 Å². The molecule has 0 N–H and O–H groups in total. The van der Waals surface area contributed by atoms with Crippen LogP contribution >= 0.6 is 0 Å². The summed E-state index contributed by atoms with van der Waals surface area (Å²) in [5.74, 6) is 0.486. The van der Waals surface area contributed by atoms with Gasteiger partial charge < -0.3 is 4.42 Å². The number of hydrogen-bond acceptors (Lipinski definition) is 2. The second-order valence-electron chi connectivity index (χ2n) is 3.56. The standard InChI is InChI=1S/C9H12O2.2CH4/c1-9(2,3)8(10)7-5-4-6-11-7;;/h4-6H,1-3H3;2*1H4. The third-order valence-electron chi connectivity index (χ3n) is 1.43. The van der Waals surface area contributed by atoms with Crippen molar-refractivity contribution in [2.75, 3.05) is 0 Å². The van der Waals surface area contributed by atoms with Crippen molar-refractivity contribution < 1.29 is 9.21 Å². The lowest BCUT2D eigenvalue weighted by Crippen LogP contribution is -2.19. The largest absolute Gasteiger partial charge is 0.461 e. The molecule has 0 aliphatic heterocycles. The third-order valence-corrected chi connectivity index (χ3v) is 1.43. The van der Waals surface area contributed by atoms with Gasteiger partial charge in [-0.25, -0.2) is 0 Å². The Morgan fingerprint density at radius 2 is 1.85 bits per heavy atom. The molecule has 0 unspecified atom stereocenters. The van der Waals surface area contributed by atoms with Gasteiger partial charge in [0.25, 0.3) is 0 Å². The molecule has 0 radical (unpaired) electrons. The van der Waals surface area contributed by atoms with Gasteiger partial charge in [0.2, 0.25) is 5.78 Å². The molecule has 0 bridgehead atoms. The first-order chi connectivity index (χ1) is 5.02. The zero-order valence-electron chi connectivity index (χ0n) is 7.05. The Hall–Kier alpha value is -1.05. The van der Waals surface area contributed by atoms with Crippen molar-refractivity contribution >= 4 is 5.78 Å². The molecule has 0 aromatic carbocycles. The maximum atomic E-state index is 11.4. The van der Waals surface area contributed by atoms with Crippen LogP contribution in [0.2, 0.25) is 0 Å². The molecular formula is C11H20O2. The molecule has 1 aromatic heterocycles. The minimum Gasteiger partial charge on any atom is -0.461 e. The summed E-state index contributed by atoms with van der Waals surface area (Å²) in [4.78, 5) is 11.4. The van der Waals surface area contributed by atoms with Gasteiger partial charge in [-0.1, -0.05) is 35.6 Å². The van der Waals surface area contributed by atoms with Crippen LogP contribution in [0.3, 0.4) is 0 Å². The van der Waals surface area contributed by atoms with E-state index >= 15 is 0 Å². The lowest BCUT2D eigenvalue weighted by molar-refractivity contribution is 0.0828. The minimum absolute atomic E-state index is 0. The van der Waals surface area contributed by atoms with Crippen LogP contribution in [0.1, 0.15) is 46.2 Å². The number of carbonyl (C=O) groups is 1. The molecule has 0 saturated carbocycles. The Morgan fingerprint density at radius 1 is 1.31 bits per heavy atom. The van der Waals surface area contributed by atoms with Crippen molar-refractivity contribution in [2.24, 2.45) is 5.41 Å². The summed E-state index contributed by atoms with van der Waals surface area (Å²) in [7, 11) is 0. The van der Waals surface area contributed by atoms with Crippen molar-refractivity contribution in [2.45, 2.75) is 35.6 Å². The third kappa shape index (κ3) is 3.45. The molecule has 2 nitrogen and oxygen atoms in total. The van der Waals surface area contributed by atoms with Crippen LogP contribution in [-0.2, 0) is 0 Å². The minimum atomic E-state index is -0.349. The summed E-state index contributed by atoms with van der Waals surface area (Å²) in [5, 5.41) is 0. The smallest absolute Gasteiger partial charge is 0.203 e. The molecule has 13 heavy (non-hydrogen) atoms. The van der Waals surface area contributed by atoms with Gasteiger partial charge in [-0.3, -0.25) is 4.79 Å². The van der Waals surface area contributed by atoms with Gasteiger partial charge >= 0.3 is 0 Å². The maximum absolute atomic E-state index is 11.4. The average molecular weight is 184 g/mol. The van der Waals surface area contributed by atoms with Gasteiger partial charge in [-0.2, -0.15) is 0 Å². The molecule has 0 amide bonds. The van der Waals surface area contributed by atoms with E-state index in [9.17, 15) is 4.79 Å². The van der Waals surface area contributed by atoms with E-state index < -0.39 is 0 Å². The first kappa shape index (κ1) is 14.5. The molecule has 0 aliphatic carbocycles. The van der Waals surface area contributed by atoms with Gasteiger partial charge in [-0.05, 0) is 12.1 Å². The van der Waals surface area contributed by atoms with Crippen molar-refractivity contribution in [3.63, 3.8) is 0 Å². The highest BCUT2D eigenvalue weighted by Gasteiger charge is 2.24. The summed E-state index contributed by atoms with van der Waals surface area (Å²) in [6.45, 7) is 5.62. The quantitative estimate of drug-likeness (QED) is 0.622. The molecule has 0 fully saturated rings. The molecule has 0 atom stereocenters. The fourth-order valence-electron chi connectivity index (χ4n) is 0.777. The summed E-state index contributed by atoms with van der Waals surface area (Å²) < 4.78 is 4.97. The van der Waals surface area contributed by atoms with E-state index in [1.807, 2.05) is 20.8 Å². The Labute approximate surface area is 81.0 Å². The molecular weight excluding hydrogens is 164 g/mol. The normalized spacial score (nSPS) is 9.77. The zero-order valence-corrected chi connectivity index (χ0v) is 7.05. The number of hydrogen-bond donors (Lipinski definition) is 0. The monoisotopic (exact) mass is 184 g/mol. The Morgan fingerprint density at radius 3 is 2.15 bits per heavy atom. The number of furan rings is 1. The lowest BCUT2D eigenvalue weighted by Gasteiger charge is -2.13. The van der Waals surface area contributed by atoms with Crippen molar-refractivity contribution in [1.29, 1.82) is 0 Å². The van der Waals surface area contributed by atoms with E-state index in [4.69, 9.17) is 4.42 Å². The van der Waals surface area contributed by atoms with Gasteiger partial charge in [0, 0.05) is 5.41 Å². The SMILES string of the molecule is C.C.CC(C)(C)C(=O)c1ccco1.